The largest absolute Gasteiger partial charge is 0.368 e. The van der Waals surface area contributed by atoms with Gasteiger partial charge in [0.25, 0.3) is 0 Å². The van der Waals surface area contributed by atoms with Crippen molar-refractivity contribution < 1.29 is 0 Å². The van der Waals surface area contributed by atoms with Crippen LogP contribution in [0.2, 0.25) is 0 Å². The zero-order valence-electron chi connectivity index (χ0n) is 11.6. The topological polar surface area (TPSA) is 37.8 Å². The molecular formula is C15H21N3. The third-order valence-corrected chi connectivity index (χ3v) is 3.62. The molecule has 1 unspecified atom stereocenters. The molecule has 18 heavy (non-hydrogen) atoms. The molecule has 1 aromatic carbocycles. The SMILES string of the molecule is CC(CNc1nncc2ccccc12)C(C)(C)C. The molecule has 1 aromatic heterocycles. The Morgan fingerprint density at radius 1 is 1.22 bits per heavy atom. The number of nitrogens with zero attached hydrogens (tertiary/aromatic N) is 2. The lowest BCUT2D eigenvalue weighted by Gasteiger charge is -2.27. The lowest BCUT2D eigenvalue weighted by atomic mass is 9.82. The van der Waals surface area contributed by atoms with Crippen LogP contribution in [-0.4, -0.2) is 16.7 Å². The Morgan fingerprint density at radius 3 is 2.67 bits per heavy atom. The van der Waals surface area contributed by atoms with Gasteiger partial charge in [-0.15, -0.1) is 5.10 Å². The molecule has 1 heterocycles. The molecular weight excluding hydrogens is 222 g/mol. The summed E-state index contributed by atoms with van der Waals surface area (Å²) in [5.41, 5.74) is 0.297. The third-order valence-electron chi connectivity index (χ3n) is 3.62. The number of hydrogen-bond acceptors (Lipinski definition) is 3. The van der Waals surface area contributed by atoms with Crippen molar-refractivity contribution in [2.24, 2.45) is 11.3 Å². The van der Waals surface area contributed by atoms with E-state index in [1.807, 2.05) is 12.1 Å². The predicted octanol–water partition coefficient (Wildman–Crippen LogP) is 3.72. The molecule has 0 aliphatic carbocycles. The van der Waals surface area contributed by atoms with E-state index in [9.17, 15) is 0 Å². The van der Waals surface area contributed by atoms with Gasteiger partial charge in [-0.1, -0.05) is 52.0 Å². The van der Waals surface area contributed by atoms with Crippen LogP contribution in [-0.2, 0) is 0 Å². The Morgan fingerprint density at radius 2 is 1.94 bits per heavy atom. The molecule has 3 nitrogen and oxygen atoms in total. The molecule has 96 valence electrons. The minimum atomic E-state index is 0.297. The van der Waals surface area contributed by atoms with Crippen molar-refractivity contribution in [3.8, 4) is 0 Å². The van der Waals surface area contributed by atoms with Gasteiger partial charge in [0, 0.05) is 17.3 Å². The van der Waals surface area contributed by atoms with Crippen molar-refractivity contribution in [2.75, 3.05) is 11.9 Å². The quantitative estimate of drug-likeness (QED) is 0.892. The Labute approximate surface area is 109 Å². The van der Waals surface area contributed by atoms with E-state index in [4.69, 9.17) is 0 Å². The van der Waals surface area contributed by atoms with Gasteiger partial charge in [0.1, 0.15) is 0 Å². The molecule has 2 rings (SSSR count). The van der Waals surface area contributed by atoms with Gasteiger partial charge in [-0.3, -0.25) is 0 Å². The highest BCUT2D eigenvalue weighted by Crippen LogP contribution is 2.26. The van der Waals surface area contributed by atoms with Gasteiger partial charge in [0.05, 0.1) is 6.20 Å². The smallest absolute Gasteiger partial charge is 0.156 e. The number of fused-ring (bicyclic) bond motifs is 1. The predicted molar refractivity (Wildman–Crippen MR) is 76.6 cm³/mol. The van der Waals surface area contributed by atoms with Gasteiger partial charge in [0.2, 0.25) is 0 Å². The van der Waals surface area contributed by atoms with Crippen molar-refractivity contribution >= 4 is 16.6 Å². The lowest BCUT2D eigenvalue weighted by Crippen LogP contribution is -2.25. The van der Waals surface area contributed by atoms with Crippen LogP contribution in [0.5, 0.6) is 0 Å². The number of benzene rings is 1. The first kappa shape index (κ1) is 12.8. The van der Waals surface area contributed by atoms with Gasteiger partial charge < -0.3 is 5.32 Å². The molecule has 0 amide bonds. The Balaban J connectivity index is 2.18. The highest BCUT2D eigenvalue weighted by molar-refractivity contribution is 5.90. The van der Waals surface area contributed by atoms with Crippen LogP contribution >= 0.6 is 0 Å². The van der Waals surface area contributed by atoms with Crippen molar-refractivity contribution in [3.63, 3.8) is 0 Å². The average molecular weight is 243 g/mol. The summed E-state index contributed by atoms with van der Waals surface area (Å²) in [6.07, 6.45) is 1.80. The summed E-state index contributed by atoms with van der Waals surface area (Å²) < 4.78 is 0. The maximum atomic E-state index is 4.20. The first-order valence-electron chi connectivity index (χ1n) is 6.43. The van der Waals surface area contributed by atoms with Crippen LogP contribution in [0, 0.1) is 11.3 Å². The second-order valence-electron chi connectivity index (χ2n) is 5.93. The van der Waals surface area contributed by atoms with Crippen LogP contribution in [0.1, 0.15) is 27.7 Å². The molecule has 1 N–H and O–H groups in total. The summed E-state index contributed by atoms with van der Waals surface area (Å²) in [6.45, 7) is 9.94. The maximum Gasteiger partial charge on any atom is 0.156 e. The molecule has 0 saturated carbocycles. The van der Waals surface area contributed by atoms with E-state index < -0.39 is 0 Å². The van der Waals surface area contributed by atoms with Gasteiger partial charge in [-0.05, 0) is 11.3 Å². The van der Waals surface area contributed by atoms with Gasteiger partial charge in [-0.25, -0.2) is 0 Å². The summed E-state index contributed by atoms with van der Waals surface area (Å²) >= 11 is 0. The fraction of sp³-hybridized carbons (Fsp3) is 0.467. The second kappa shape index (κ2) is 4.92. The summed E-state index contributed by atoms with van der Waals surface area (Å²) in [5, 5.41) is 13.9. The molecule has 3 heteroatoms. The Kier molecular flexibility index (Phi) is 3.50. The van der Waals surface area contributed by atoms with Gasteiger partial charge >= 0.3 is 0 Å². The number of hydrogen-bond donors (Lipinski definition) is 1. The van der Waals surface area contributed by atoms with Gasteiger partial charge in [-0.2, -0.15) is 5.10 Å². The number of aromatic nitrogens is 2. The van der Waals surface area contributed by atoms with E-state index in [2.05, 4.69) is 55.3 Å². The molecule has 0 aliphatic heterocycles. The molecule has 0 aliphatic rings. The normalized spacial score (nSPS) is 13.6. The number of nitrogens with one attached hydrogen (secondary N) is 1. The summed E-state index contributed by atoms with van der Waals surface area (Å²) in [7, 11) is 0. The second-order valence-corrected chi connectivity index (χ2v) is 5.93. The van der Waals surface area contributed by atoms with Crippen LogP contribution in [0.15, 0.2) is 30.5 Å². The highest BCUT2D eigenvalue weighted by atomic mass is 15.2. The maximum absolute atomic E-state index is 4.20. The first-order valence-corrected chi connectivity index (χ1v) is 6.43. The molecule has 0 saturated heterocycles. The van der Waals surface area contributed by atoms with E-state index in [0.29, 0.717) is 11.3 Å². The number of anilines is 1. The first-order chi connectivity index (χ1) is 8.48. The standard InChI is InChI=1S/C15H21N3/c1-11(15(2,3)4)9-16-14-13-8-6-5-7-12(13)10-17-18-14/h5-8,10-11H,9H2,1-4H3,(H,16,18). The van der Waals surface area contributed by atoms with E-state index >= 15 is 0 Å². The van der Waals surface area contributed by atoms with E-state index in [-0.39, 0.29) is 0 Å². The minimum absolute atomic E-state index is 0.297. The molecule has 0 bridgehead atoms. The molecule has 1 atom stereocenters. The molecule has 0 spiro atoms. The fourth-order valence-corrected chi connectivity index (χ4v) is 1.71. The van der Waals surface area contributed by atoms with Crippen LogP contribution in [0.3, 0.4) is 0 Å². The Bertz CT molecular complexity index is 523. The zero-order valence-corrected chi connectivity index (χ0v) is 11.6. The monoisotopic (exact) mass is 243 g/mol. The summed E-state index contributed by atoms with van der Waals surface area (Å²) in [6, 6.07) is 8.18. The zero-order chi connectivity index (χ0) is 13.2. The van der Waals surface area contributed by atoms with Crippen LogP contribution < -0.4 is 5.32 Å². The summed E-state index contributed by atoms with van der Waals surface area (Å²) in [5.74, 6) is 1.45. The van der Waals surface area contributed by atoms with E-state index in [1.165, 1.54) is 0 Å². The lowest BCUT2D eigenvalue weighted by molar-refractivity contribution is 0.274. The van der Waals surface area contributed by atoms with Crippen molar-refractivity contribution in [3.05, 3.63) is 30.5 Å². The third kappa shape index (κ3) is 2.78. The van der Waals surface area contributed by atoms with Gasteiger partial charge in [0.15, 0.2) is 5.82 Å². The minimum Gasteiger partial charge on any atom is -0.368 e. The van der Waals surface area contributed by atoms with Crippen LogP contribution in [0.25, 0.3) is 10.8 Å². The van der Waals surface area contributed by atoms with Crippen molar-refractivity contribution in [1.82, 2.24) is 10.2 Å². The molecule has 0 fully saturated rings. The Hall–Kier alpha value is -1.64. The highest BCUT2D eigenvalue weighted by Gasteiger charge is 2.19. The summed E-state index contributed by atoms with van der Waals surface area (Å²) in [4.78, 5) is 0. The van der Waals surface area contributed by atoms with Crippen molar-refractivity contribution in [2.45, 2.75) is 27.7 Å². The molecule has 0 radical (unpaired) electrons. The fourth-order valence-electron chi connectivity index (χ4n) is 1.71. The van der Waals surface area contributed by atoms with E-state index in [1.54, 1.807) is 6.20 Å². The van der Waals surface area contributed by atoms with Crippen molar-refractivity contribution in [1.29, 1.82) is 0 Å². The van der Waals surface area contributed by atoms with Crippen LogP contribution in [0.4, 0.5) is 5.82 Å². The van der Waals surface area contributed by atoms with E-state index in [0.717, 1.165) is 23.1 Å². The number of rotatable bonds is 3. The average Bonchev–Trinajstić information content (AvgIpc) is 2.34. The molecule has 2 aromatic rings.